The van der Waals surface area contributed by atoms with Gasteiger partial charge in [0.25, 0.3) is 0 Å². The zero-order chi connectivity index (χ0) is 9.80. The normalized spacial score (nSPS) is 10.1. The Labute approximate surface area is 81.5 Å². The number of benzene rings is 1. The standard InChI is InChI=1S/C9H10N5/c1-7-3-2-4-8(5-7)10-6-9-11-13-14-12-9/h2-4,10H,6H2,1H3,(H,11,12,13,14). The van der Waals surface area contributed by atoms with E-state index in [0.717, 1.165) is 11.3 Å². The van der Waals surface area contributed by atoms with Crippen LogP contribution in [0, 0.1) is 13.0 Å². The number of H-pyrrole nitrogens is 1. The van der Waals surface area contributed by atoms with Gasteiger partial charge in [-0.05, 0) is 29.0 Å². The van der Waals surface area contributed by atoms with Crippen LogP contribution in [0.4, 0.5) is 5.69 Å². The van der Waals surface area contributed by atoms with Gasteiger partial charge in [-0.2, -0.15) is 0 Å². The molecule has 1 radical (unpaired) electrons. The number of hydrogen-bond donors (Lipinski definition) is 2. The molecule has 0 aliphatic carbocycles. The summed E-state index contributed by atoms with van der Waals surface area (Å²) >= 11 is 0. The average molecular weight is 188 g/mol. The van der Waals surface area contributed by atoms with Crippen LogP contribution in [0.1, 0.15) is 11.4 Å². The highest BCUT2D eigenvalue weighted by atomic mass is 15.5. The van der Waals surface area contributed by atoms with E-state index >= 15 is 0 Å². The number of anilines is 1. The van der Waals surface area contributed by atoms with Gasteiger partial charge < -0.3 is 5.32 Å². The Kier molecular flexibility index (Phi) is 2.40. The smallest absolute Gasteiger partial charge is 0.167 e. The minimum Gasteiger partial charge on any atom is -0.377 e. The van der Waals surface area contributed by atoms with Crippen LogP contribution in [0.5, 0.6) is 0 Å². The van der Waals surface area contributed by atoms with Crippen molar-refractivity contribution in [1.29, 1.82) is 0 Å². The van der Waals surface area contributed by atoms with Crippen molar-refractivity contribution in [1.82, 2.24) is 20.6 Å². The molecule has 71 valence electrons. The van der Waals surface area contributed by atoms with Gasteiger partial charge in [0.1, 0.15) is 0 Å². The van der Waals surface area contributed by atoms with Gasteiger partial charge >= 0.3 is 0 Å². The van der Waals surface area contributed by atoms with E-state index in [9.17, 15) is 0 Å². The molecule has 0 saturated carbocycles. The molecule has 1 heterocycles. The van der Waals surface area contributed by atoms with Crippen LogP contribution < -0.4 is 5.32 Å². The lowest BCUT2D eigenvalue weighted by Crippen LogP contribution is -2.01. The second kappa shape index (κ2) is 3.87. The number of aryl methyl sites for hydroxylation is 1. The molecule has 0 atom stereocenters. The molecule has 0 aliphatic heterocycles. The van der Waals surface area contributed by atoms with E-state index in [2.05, 4.69) is 32.0 Å². The number of rotatable bonds is 3. The van der Waals surface area contributed by atoms with Gasteiger partial charge in [0.05, 0.1) is 6.54 Å². The van der Waals surface area contributed by atoms with E-state index in [0.29, 0.717) is 12.4 Å². The first-order valence-corrected chi connectivity index (χ1v) is 4.30. The quantitative estimate of drug-likeness (QED) is 0.751. The highest BCUT2D eigenvalue weighted by Gasteiger charge is 1.96. The molecule has 1 aromatic carbocycles. The lowest BCUT2D eigenvalue weighted by molar-refractivity contribution is 0.881. The maximum Gasteiger partial charge on any atom is 0.167 e. The Bertz CT molecular complexity index is 395. The van der Waals surface area contributed by atoms with Crippen molar-refractivity contribution in [3.05, 3.63) is 35.7 Å². The van der Waals surface area contributed by atoms with Gasteiger partial charge in [-0.3, -0.25) is 0 Å². The fourth-order valence-corrected chi connectivity index (χ4v) is 1.12. The van der Waals surface area contributed by atoms with Crippen LogP contribution in [0.3, 0.4) is 0 Å². The van der Waals surface area contributed by atoms with E-state index in [1.165, 1.54) is 0 Å². The SMILES string of the molecule is Cc1[c]c(NCc2nnn[nH]2)ccc1. The topological polar surface area (TPSA) is 66.5 Å². The molecule has 0 spiro atoms. The Morgan fingerprint density at radius 1 is 1.50 bits per heavy atom. The monoisotopic (exact) mass is 188 g/mol. The number of tetrazole rings is 1. The Hall–Kier alpha value is -1.91. The van der Waals surface area contributed by atoms with Gasteiger partial charge in [0, 0.05) is 11.8 Å². The third-order valence-electron chi connectivity index (χ3n) is 1.78. The molecule has 2 rings (SSSR count). The second-order valence-corrected chi connectivity index (χ2v) is 2.95. The van der Waals surface area contributed by atoms with E-state index in [4.69, 9.17) is 0 Å². The van der Waals surface area contributed by atoms with Crippen molar-refractivity contribution in [3.8, 4) is 0 Å². The van der Waals surface area contributed by atoms with Crippen molar-refractivity contribution in [2.75, 3.05) is 5.32 Å². The summed E-state index contributed by atoms with van der Waals surface area (Å²) < 4.78 is 0. The number of aromatic amines is 1. The van der Waals surface area contributed by atoms with Crippen LogP contribution in [0.15, 0.2) is 18.2 Å². The third-order valence-corrected chi connectivity index (χ3v) is 1.78. The lowest BCUT2D eigenvalue weighted by atomic mass is 10.2. The summed E-state index contributed by atoms with van der Waals surface area (Å²) in [6.07, 6.45) is 0. The Balaban J connectivity index is 1.98. The molecule has 0 unspecified atom stereocenters. The molecule has 0 fully saturated rings. The predicted molar refractivity (Wildman–Crippen MR) is 51.5 cm³/mol. The minimum absolute atomic E-state index is 0.576. The average Bonchev–Trinajstić information content (AvgIpc) is 2.67. The fraction of sp³-hybridized carbons (Fsp3) is 0.222. The molecule has 0 saturated heterocycles. The number of hydrogen-bond acceptors (Lipinski definition) is 4. The maximum atomic E-state index is 3.76. The first kappa shape index (κ1) is 8.68. The summed E-state index contributed by atoms with van der Waals surface area (Å²) in [5.74, 6) is 0.708. The molecule has 0 aliphatic rings. The second-order valence-electron chi connectivity index (χ2n) is 2.95. The maximum absolute atomic E-state index is 3.76. The zero-order valence-electron chi connectivity index (χ0n) is 7.78. The number of nitrogens with zero attached hydrogens (tertiary/aromatic N) is 3. The van der Waals surface area contributed by atoms with Gasteiger partial charge in [-0.1, -0.05) is 12.1 Å². The molecule has 0 bridgehead atoms. The van der Waals surface area contributed by atoms with Crippen molar-refractivity contribution < 1.29 is 0 Å². The molecular weight excluding hydrogens is 178 g/mol. The molecule has 2 aromatic rings. The highest BCUT2D eigenvalue weighted by molar-refractivity contribution is 5.43. The van der Waals surface area contributed by atoms with Crippen LogP contribution in [-0.4, -0.2) is 20.6 Å². The zero-order valence-corrected chi connectivity index (χ0v) is 7.78. The van der Waals surface area contributed by atoms with Crippen LogP contribution in [0.25, 0.3) is 0 Å². The first-order valence-electron chi connectivity index (χ1n) is 4.30. The molecular formula is C9H10N5. The van der Waals surface area contributed by atoms with Crippen molar-refractivity contribution in [3.63, 3.8) is 0 Å². The number of nitrogens with one attached hydrogen (secondary N) is 2. The molecule has 14 heavy (non-hydrogen) atoms. The Morgan fingerprint density at radius 2 is 2.43 bits per heavy atom. The number of aromatic nitrogens is 4. The van der Waals surface area contributed by atoms with Crippen molar-refractivity contribution in [2.24, 2.45) is 0 Å². The highest BCUT2D eigenvalue weighted by Crippen LogP contribution is 2.08. The van der Waals surface area contributed by atoms with Gasteiger partial charge in [0.2, 0.25) is 0 Å². The van der Waals surface area contributed by atoms with Crippen LogP contribution >= 0.6 is 0 Å². The lowest BCUT2D eigenvalue weighted by Gasteiger charge is -2.03. The van der Waals surface area contributed by atoms with Gasteiger partial charge in [-0.15, -0.1) is 5.10 Å². The summed E-state index contributed by atoms with van der Waals surface area (Å²) in [6.45, 7) is 2.58. The first-order chi connectivity index (χ1) is 6.84. The predicted octanol–water partition coefficient (Wildman–Crippen LogP) is 0.920. The molecule has 1 aromatic heterocycles. The van der Waals surface area contributed by atoms with Crippen LogP contribution in [0.2, 0.25) is 0 Å². The largest absolute Gasteiger partial charge is 0.377 e. The van der Waals surface area contributed by atoms with Gasteiger partial charge in [0.15, 0.2) is 5.82 Å². The summed E-state index contributed by atoms with van der Waals surface area (Å²) in [6, 6.07) is 9.11. The molecule has 2 N–H and O–H groups in total. The summed E-state index contributed by atoms with van der Waals surface area (Å²) in [5, 5.41) is 16.6. The summed E-state index contributed by atoms with van der Waals surface area (Å²) in [4.78, 5) is 0. The van der Waals surface area contributed by atoms with E-state index < -0.39 is 0 Å². The molecule has 5 heteroatoms. The van der Waals surface area contributed by atoms with E-state index in [1.807, 2.05) is 25.1 Å². The summed E-state index contributed by atoms with van der Waals surface area (Å²) in [5.41, 5.74) is 2.05. The Morgan fingerprint density at radius 3 is 3.14 bits per heavy atom. The molecule has 5 nitrogen and oxygen atoms in total. The van der Waals surface area contributed by atoms with Crippen molar-refractivity contribution >= 4 is 5.69 Å². The van der Waals surface area contributed by atoms with E-state index in [1.54, 1.807) is 0 Å². The van der Waals surface area contributed by atoms with Crippen LogP contribution in [-0.2, 0) is 6.54 Å². The van der Waals surface area contributed by atoms with E-state index in [-0.39, 0.29) is 0 Å². The molecule has 0 amide bonds. The van der Waals surface area contributed by atoms with Crippen molar-refractivity contribution in [2.45, 2.75) is 13.5 Å². The third kappa shape index (κ3) is 2.07. The fourth-order valence-electron chi connectivity index (χ4n) is 1.12. The summed E-state index contributed by atoms with van der Waals surface area (Å²) in [7, 11) is 0. The minimum atomic E-state index is 0.576. The van der Waals surface area contributed by atoms with Gasteiger partial charge in [-0.25, -0.2) is 5.10 Å².